The lowest BCUT2D eigenvalue weighted by atomic mass is 10.2. The number of halogens is 1. The summed E-state index contributed by atoms with van der Waals surface area (Å²) in [5.74, 6) is -1.18. The summed E-state index contributed by atoms with van der Waals surface area (Å²) in [6.07, 6.45) is 0. The maximum absolute atomic E-state index is 13.2. The van der Waals surface area contributed by atoms with Crippen molar-refractivity contribution in [2.45, 2.75) is 0 Å². The van der Waals surface area contributed by atoms with Gasteiger partial charge in [-0.05, 0) is 41.8 Å². The lowest BCUT2D eigenvalue weighted by Crippen LogP contribution is -2.12. The van der Waals surface area contributed by atoms with E-state index in [0.29, 0.717) is 11.4 Å². The Labute approximate surface area is 151 Å². The minimum absolute atomic E-state index is 0.131. The summed E-state index contributed by atoms with van der Waals surface area (Å²) in [6, 6.07) is 12.9. The number of anilines is 1. The summed E-state index contributed by atoms with van der Waals surface area (Å²) in [7, 11) is 0. The second-order valence-corrected chi connectivity index (χ2v) is 6.08. The third-order valence-corrected chi connectivity index (χ3v) is 4.17. The van der Waals surface area contributed by atoms with Crippen molar-refractivity contribution in [2.24, 2.45) is 0 Å². The largest absolute Gasteiger partial charge is 0.411 e. The lowest BCUT2D eigenvalue weighted by molar-refractivity contribution is 0.0991. The van der Waals surface area contributed by atoms with E-state index in [1.165, 1.54) is 18.2 Å². The molecule has 0 saturated heterocycles. The summed E-state index contributed by atoms with van der Waals surface area (Å²) >= 11 is 1.57. The van der Waals surface area contributed by atoms with Crippen molar-refractivity contribution in [3.8, 4) is 22.8 Å². The number of carbonyl (C=O) groups excluding carboxylic acids is 1. The summed E-state index contributed by atoms with van der Waals surface area (Å²) in [5.41, 5.74) is 2.52. The Bertz CT molecular complexity index is 1060. The van der Waals surface area contributed by atoms with E-state index >= 15 is 0 Å². The molecule has 0 spiro atoms. The van der Waals surface area contributed by atoms with Crippen LogP contribution in [0.2, 0.25) is 0 Å². The molecule has 1 N–H and O–H groups in total. The molecule has 0 fully saturated rings. The van der Waals surface area contributed by atoms with E-state index in [0.717, 1.165) is 11.3 Å². The van der Waals surface area contributed by atoms with E-state index in [4.69, 9.17) is 4.42 Å². The Morgan fingerprint density at radius 2 is 1.92 bits per heavy atom. The topological polar surface area (TPSA) is 80.9 Å². The molecule has 0 bridgehead atoms. The minimum atomic E-state index is -0.622. The Morgan fingerprint density at radius 1 is 1.08 bits per heavy atom. The fraction of sp³-hybridized carbons (Fsp3) is 0. The van der Waals surface area contributed by atoms with Gasteiger partial charge in [0.1, 0.15) is 11.5 Å². The standard InChI is InChI=1S/C18H11FN4O2S/c19-12-3-1-4-13(9-12)20-16(24)18-23-22-17(25-18)15-6-2-5-14(21-15)11-7-8-26-10-11/h1-10H,(H,20,24). The quantitative estimate of drug-likeness (QED) is 0.584. The fourth-order valence-corrected chi connectivity index (χ4v) is 2.94. The lowest BCUT2D eigenvalue weighted by Gasteiger charge is -2.01. The smallest absolute Gasteiger partial charge is 0.313 e. The first-order valence-electron chi connectivity index (χ1n) is 7.59. The molecule has 6 nitrogen and oxygen atoms in total. The fourth-order valence-electron chi connectivity index (χ4n) is 2.29. The van der Waals surface area contributed by atoms with E-state index in [-0.39, 0.29) is 11.8 Å². The Balaban J connectivity index is 1.56. The third kappa shape index (κ3) is 3.35. The number of thiophene rings is 1. The summed E-state index contributed by atoms with van der Waals surface area (Å²) in [4.78, 5) is 16.7. The number of hydrogen-bond donors (Lipinski definition) is 1. The van der Waals surface area contributed by atoms with E-state index < -0.39 is 11.7 Å². The van der Waals surface area contributed by atoms with E-state index in [9.17, 15) is 9.18 Å². The molecule has 1 amide bonds. The maximum Gasteiger partial charge on any atom is 0.313 e. The summed E-state index contributed by atoms with van der Waals surface area (Å²) in [5, 5.41) is 14.1. The zero-order valence-electron chi connectivity index (χ0n) is 13.2. The van der Waals surface area contributed by atoms with Crippen LogP contribution in [-0.4, -0.2) is 21.1 Å². The molecular weight excluding hydrogens is 355 g/mol. The van der Waals surface area contributed by atoms with Crippen molar-refractivity contribution in [3.63, 3.8) is 0 Å². The molecule has 0 atom stereocenters. The number of hydrogen-bond acceptors (Lipinski definition) is 6. The highest BCUT2D eigenvalue weighted by Gasteiger charge is 2.17. The van der Waals surface area contributed by atoms with Gasteiger partial charge in [0.25, 0.3) is 5.89 Å². The molecule has 0 saturated carbocycles. The van der Waals surface area contributed by atoms with Crippen LogP contribution in [0.1, 0.15) is 10.7 Å². The van der Waals surface area contributed by atoms with Crippen molar-refractivity contribution in [1.82, 2.24) is 15.2 Å². The van der Waals surface area contributed by atoms with E-state index in [1.807, 2.05) is 29.0 Å². The molecule has 8 heteroatoms. The zero-order chi connectivity index (χ0) is 17.9. The molecule has 4 aromatic rings. The Hall–Kier alpha value is -3.39. The first-order valence-corrected chi connectivity index (χ1v) is 8.54. The average molecular weight is 366 g/mol. The van der Waals surface area contributed by atoms with Crippen LogP contribution in [0.3, 0.4) is 0 Å². The van der Waals surface area contributed by atoms with E-state index in [1.54, 1.807) is 23.5 Å². The minimum Gasteiger partial charge on any atom is -0.411 e. The average Bonchev–Trinajstić information content (AvgIpc) is 3.34. The molecule has 26 heavy (non-hydrogen) atoms. The van der Waals surface area contributed by atoms with Crippen molar-refractivity contribution < 1.29 is 13.6 Å². The third-order valence-electron chi connectivity index (χ3n) is 3.49. The predicted octanol–water partition coefficient (Wildman–Crippen LogP) is 4.25. The van der Waals surface area contributed by atoms with Crippen LogP contribution in [-0.2, 0) is 0 Å². The first-order chi connectivity index (χ1) is 12.7. The predicted molar refractivity (Wildman–Crippen MR) is 95.2 cm³/mol. The summed E-state index contributed by atoms with van der Waals surface area (Å²) in [6.45, 7) is 0. The SMILES string of the molecule is O=C(Nc1cccc(F)c1)c1nnc(-c2cccc(-c3ccsc3)n2)o1. The monoisotopic (exact) mass is 366 g/mol. The van der Waals surface area contributed by atoms with Gasteiger partial charge in [-0.15, -0.1) is 10.2 Å². The van der Waals surface area contributed by atoms with Gasteiger partial charge >= 0.3 is 11.8 Å². The number of benzene rings is 1. The molecule has 128 valence electrons. The van der Waals surface area contributed by atoms with Crippen LogP contribution in [0.4, 0.5) is 10.1 Å². The highest BCUT2D eigenvalue weighted by atomic mass is 32.1. The van der Waals surface area contributed by atoms with Gasteiger partial charge < -0.3 is 9.73 Å². The number of nitrogens with one attached hydrogen (secondary N) is 1. The number of rotatable bonds is 4. The van der Waals surface area contributed by atoms with Crippen molar-refractivity contribution in [2.75, 3.05) is 5.32 Å². The molecular formula is C18H11FN4O2S. The van der Waals surface area contributed by atoms with Crippen molar-refractivity contribution in [1.29, 1.82) is 0 Å². The number of pyridine rings is 1. The normalized spacial score (nSPS) is 10.7. The van der Waals surface area contributed by atoms with Crippen LogP contribution in [0.25, 0.3) is 22.8 Å². The Morgan fingerprint density at radius 3 is 2.73 bits per heavy atom. The van der Waals surface area contributed by atoms with Gasteiger partial charge in [-0.2, -0.15) is 11.3 Å². The van der Waals surface area contributed by atoms with Gasteiger partial charge in [0, 0.05) is 16.6 Å². The first kappa shape index (κ1) is 16.1. The van der Waals surface area contributed by atoms with Crippen LogP contribution >= 0.6 is 11.3 Å². The van der Waals surface area contributed by atoms with Gasteiger partial charge in [-0.3, -0.25) is 4.79 Å². The van der Waals surface area contributed by atoms with Gasteiger partial charge in [-0.1, -0.05) is 12.1 Å². The molecule has 4 rings (SSSR count). The number of aromatic nitrogens is 3. The second-order valence-electron chi connectivity index (χ2n) is 5.30. The van der Waals surface area contributed by atoms with E-state index in [2.05, 4.69) is 20.5 Å². The highest BCUT2D eigenvalue weighted by molar-refractivity contribution is 7.08. The Kier molecular flexibility index (Phi) is 4.24. The zero-order valence-corrected chi connectivity index (χ0v) is 14.0. The van der Waals surface area contributed by atoms with Crippen LogP contribution in [0, 0.1) is 5.82 Å². The number of nitrogens with zero attached hydrogens (tertiary/aromatic N) is 3. The van der Waals surface area contributed by atoms with Gasteiger partial charge in [0.15, 0.2) is 0 Å². The molecule has 0 aliphatic carbocycles. The summed E-state index contributed by atoms with van der Waals surface area (Å²) < 4.78 is 18.6. The van der Waals surface area contributed by atoms with Crippen molar-refractivity contribution >= 4 is 22.9 Å². The van der Waals surface area contributed by atoms with Crippen LogP contribution in [0.15, 0.2) is 63.7 Å². The molecule has 3 heterocycles. The van der Waals surface area contributed by atoms with Crippen LogP contribution < -0.4 is 5.32 Å². The van der Waals surface area contributed by atoms with Crippen molar-refractivity contribution in [3.05, 3.63) is 71.0 Å². The molecule has 1 aromatic carbocycles. The van der Waals surface area contributed by atoms with Gasteiger partial charge in [0.05, 0.1) is 5.69 Å². The highest BCUT2D eigenvalue weighted by Crippen LogP contribution is 2.23. The maximum atomic E-state index is 13.2. The number of amides is 1. The van der Waals surface area contributed by atoms with Gasteiger partial charge in [0.2, 0.25) is 0 Å². The van der Waals surface area contributed by atoms with Crippen LogP contribution in [0.5, 0.6) is 0 Å². The molecule has 0 aliphatic rings. The molecule has 0 unspecified atom stereocenters. The molecule has 0 aliphatic heterocycles. The molecule has 3 aromatic heterocycles. The van der Waals surface area contributed by atoms with Gasteiger partial charge in [-0.25, -0.2) is 9.37 Å². The number of carbonyl (C=O) groups is 1. The molecule has 0 radical (unpaired) electrons. The second kappa shape index (κ2) is 6.85.